The van der Waals surface area contributed by atoms with Crippen LogP contribution in [0, 0.1) is 0 Å². The summed E-state index contributed by atoms with van der Waals surface area (Å²) in [6.45, 7) is 3.58. The molecule has 1 N–H and O–H groups in total. The summed E-state index contributed by atoms with van der Waals surface area (Å²) < 4.78 is 11.4. The number of hydrogen-bond acceptors (Lipinski definition) is 5. The first-order chi connectivity index (χ1) is 11.6. The molecule has 24 heavy (non-hydrogen) atoms. The molecule has 3 rings (SSSR count). The number of nitrogens with zero attached hydrogens (tertiary/aromatic N) is 2. The number of pyridine rings is 1. The predicted octanol–water partition coefficient (Wildman–Crippen LogP) is 2.77. The number of aromatic nitrogens is 1. The number of rotatable bonds is 6. The minimum atomic E-state index is 0.245. The molecule has 0 saturated heterocycles. The van der Waals surface area contributed by atoms with Gasteiger partial charge in [0, 0.05) is 50.9 Å². The summed E-state index contributed by atoms with van der Waals surface area (Å²) in [5.74, 6) is 2.86. The van der Waals surface area contributed by atoms with Crippen LogP contribution in [-0.4, -0.2) is 32.3 Å². The maximum Gasteiger partial charge on any atom is 0.127 e. The Hall–Kier alpha value is -2.27. The predicted molar refractivity (Wildman–Crippen MR) is 95.9 cm³/mol. The number of nitrogens with one attached hydrogen (secondary N) is 1. The first-order valence-electron chi connectivity index (χ1n) is 8.26. The normalized spacial score (nSPS) is 15.8. The zero-order chi connectivity index (χ0) is 17.1. The lowest BCUT2D eigenvalue weighted by molar-refractivity contribution is 0.254. The Morgan fingerprint density at radius 2 is 2.12 bits per heavy atom. The van der Waals surface area contributed by atoms with Gasteiger partial charge in [-0.15, -0.1) is 0 Å². The van der Waals surface area contributed by atoms with Crippen LogP contribution in [0.4, 0.5) is 5.82 Å². The summed E-state index contributed by atoms with van der Waals surface area (Å²) in [6, 6.07) is 8.32. The molecule has 1 aliphatic rings. The second-order valence-electron chi connectivity index (χ2n) is 6.43. The average molecular weight is 327 g/mol. The van der Waals surface area contributed by atoms with Crippen LogP contribution in [0.2, 0.25) is 0 Å². The molecule has 5 heteroatoms. The van der Waals surface area contributed by atoms with E-state index in [-0.39, 0.29) is 6.10 Å². The largest absolute Gasteiger partial charge is 0.496 e. The minimum absolute atomic E-state index is 0.245. The number of ether oxygens (including phenoxy) is 2. The van der Waals surface area contributed by atoms with Crippen molar-refractivity contribution < 1.29 is 9.47 Å². The van der Waals surface area contributed by atoms with Gasteiger partial charge < -0.3 is 19.7 Å². The SMILES string of the molecule is COc1cc2c(cc1CNCc1ccc(N(C)C)nc1)OC(C)C2. The fraction of sp³-hybridized carbons (Fsp3) is 0.421. The molecule has 1 atom stereocenters. The van der Waals surface area contributed by atoms with E-state index in [1.54, 1.807) is 7.11 Å². The Morgan fingerprint density at radius 1 is 1.29 bits per heavy atom. The zero-order valence-electron chi connectivity index (χ0n) is 14.8. The molecule has 0 aliphatic carbocycles. The molecule has 1 unspecified atom stereocenters. The first kappa shape index (κ1) is 16.6. The van der Waals surface area contributed by atoms with Gasteiger partial charge in [-0.1, -0.05) is 6.07 Å². The van der Waals surface area contributed by atoms with Gasteiger partial charge in [0.25, 0.3) is 0 Å². The van der Waals surface area contributed by atoms with Gasteiger partial charge in [0.1, 0.15) is 23.4 Å². The van der Waals surface area contributed by atoms with Crippen LogP contribution in [0.5, 0.6) is 11.5 Å². The molecule has 0 saturated carbocycles. The summed E-state index contributed by atoms with van der Waals surface area (Å²) in [6.07, 6.45) is 3.10. The molecular weight excluding hydrogens is 302 g/mol. The Bertz CT molecular complexity index is 699. The third kappa shape index (κ3) is 3.62. The molecule has 1 aromatic heterocycles. The number of anilines is 1. The van der Waals surface area contributed by atoms with Crippen LogP contribution >= 0.6 is 0 Å². The third-order valence-corrected chi connectivity index (χ3v) is 4.21. The smallest absolute Gasteiger partial charge is 0.127 e. The lowest BCUT2D eigenvalue weighted by Crippen LogP contribution is -2.15. The van der Waals surface area contributed by atoms with Gasteiger partial charge in [-0.2, -0.15) is 0 Å². The molecule has 0 radical (unpaired) electrons. The Labute approximate surface area is 143 Å². The van der Waals surface area contributed by atoms with Gasteiger partial charge >= 0.3 is 0 Å². The second kappa shape index (κ2) is 7.09. The van der Waals surface area contributed by atoms with Crippen molar-refractivity contribution in [3.63, 3.8) is 0 Å². The van der Waals surface area contributed by atoms with E-state index in [0.717, 1.165) is 48.0 Å². The highest BCUT2D eigenvalue weighted by atomic mass is 16.5. The third-order valence-electron chi connectivity index (χ3n) is 4.21. The minimum Gasteiger partial charge on any atom is -0.496 e. The number of benzene rings is 1. The number of methoxy groups -OCH3 is 1. The van der Waals surface area contributed by atoms with E-state index < -0.39 is 0 Å². The lowest BCUT2D eigenvalue weighted by atomic mass is 10.1. The first-order valence-corrected chi connectivity index (χ1v) is 8.26. The van der Waals surface area contributed by atoms with Crippen LogP contribution in [0.15, 0.2) is 30.5 Å². The fourth-order valence-electron chi connectivity index (χ4n) is 2.94. The summed E-state index contributed by atoms with van der Waals surface area (Å²) in [4.78, 5) is 6.43. The van der Waals surface area contributed by atoms with Crippen molar-refractivity contribution in [1.29, 1.82) is 0 Å². The van der Waals surface area contributed by atoms with E-state index in [9.17, 15) is 0 Å². The van der Waals surface area contributed by atoms with Crippen LogP contribution in [0.25, 0.3) is 0 Å². The van der Waals surface area contributed by atoms with Gasteiger partial charge in [-0.3, -0.25) is 0 Å². The van der Waals surface area contributed by atoms with Crippen LogP contribution < -0.4 is 19.7 Å². The molecule has 1 aromatic carbocycles. The molecule has 5 nitrogen and oxygen atoms in total. The molecule has 0 bridgehead atoms. The van der Waals surface area contributed by atoms with Crippen molar-refractivity contribution in [2.24, 2.45) is 0 Å². The number of fused-ring (bicyclic) bond motifs is 1. The molecule has 128 valence electrons. The van der Waals surface area contributed by atoms with Crippen molar-refractivity contribution in [2.75, 3.05) is 26.1 Å². The average Bonchev–Trinajstić information content (AvgIpc) is 2.93. The maximum atomic E-state index is 5.85. The van der Waals surface area contributed by atoms with Gasteiger partial charge in [-0.25, -0.2) is 4.98 Å². The Balaban J connectivity index is 1.63. The molecule has 0 spiro atoms. The topological polar surface area (TPSA) is 46.6 Å². The maximum absolute atomic E-state index is 5.85. The van der Waals surface area contributed by atoms with Gasteiger partial charge in [0.15, 0.2) is 0 Å². The standard InChI is InChI=1S/C19H25N3O2/c1-13-7-15-8-17(23-4)16(9-18(15)24-13)12-20-10-14-5-6-19(21-11-14)22(2)3/h5-6,8-9,11,13,20H,7,10,12H2,1-4H3. The van der Waals surface area contributed by atoms with E-state index in [4.69, 9.17) is 9.47 Å². The van der Waals surface area contributed by atoms with Gasteiger partial charge in [0.2, 0.25) is 0 Å². The van der Waals surface area contributed by atoms with E-state index in [2.05, 4.69) is 35.4 Å². The van der Waals surface area contributed by atoms with Crippen LogP contribution in [-0.2, 0) is 19.5 Å². The van der Waals surface area contributed by atoms with E-state index >= 15 is 0 Å². The van der Waals surface area contributed by atoms with Gasteiger partial charge in [0.05, 0.1) is 7.11 Å². The van der Waals surface area contributed by atoms with E-state index in [0.29, 0.717) is 0 Å². The van der Waals surface area contributed by atoms with Crippen molar-refractivity contribution >= 4 is 5.82 Å². The van der Waals surface area contributed by atoms with Gasteiger partial charge in [-0.05, 0) is 30.7 Å². The fourth-order valence-corrected chi connectivity index (χ4v) is 2.94. The molecular formula is C19H25N3O2. The van der Waals surface area contributed by atoms with E-state index in [1.165, 1.54) is 5.56 Å². The lowest BCUT2D eigenvalue weighted by Gasteiger charge is -2.13. The van der Waals surface area contributed by atoms with Crippen molar-refractivity contribution in [3.05, 3.63) is 47.2 Å². The van der Waals surface area contributed by atoms with Crippen molar-refractivity contribution in [2.45, 2.75) is 32.5 Å². The molecule has 0 amide bonds. The highest BCUT2D eigenvalue weighted by Gasteiger charge is 2.21. The molecule has 2 heterocycles. The highest BCUT2D eigenvalue weighted by molar-refractivity contribution is 5.48. The number of hydrogen-bond donors (Lipinski definition) is 1. The van der Waals surface area contributed by atoms with Crippen LogP contribution in [0.1, 0.15) is 23.6 Å². The molecule has 0 fully saturated rings. The highest BCUT2D eigenvalue weighted by Crippen LogP contribution is 2.34. The molecule has 1 aliphatic heterocycles. The molecule has 2 aromatic rings. The zero-order valence-corrected chi connectivity index (χ0v) is 14.8. The summed E-state index contributed by atoms with van der Waals surface area (Å²) in [7, 11) is 5.70. The Kier molecular flexibility index (Phi) is 4.90. The van der Waals surface area contributed by atoms with Crippen LogP contribution in [0.3, 0.4) is 0 Å². The van der Waals surface area contributed by atoms with Crippen molar-refractivity contribution in [1.82, 2.24) is 10.3 Å². The summed E-state index contributed by atoms with van der Waals surface area (Å²) in [5.41, 5.74) is 3.50. The Morgan fingerprint density at radius 3 is 2.79 bits per heavy atom. The quantitative estimate of drug-likeness (QED) is 0.884. The summed E-state index contributed by atoms with van der Waals surface area (Å²) >= 11 is 0. The second-order valence-corrected chi connectivity index (χ2v) is 6.43. The van der Waals surface area contributed by atoms with E-state index in [1.807, 2.05) is 31.3 Å². The van der Waals surface area contributed by atoms with Crippen molar-refractivity contribution in [3.8, 4) is 11.5 Å². The summed E-state index contributed by atoms with van der Waals surface area (Å²) in [5, 5.41) is 3.45. The monoisotopic (exact) mass is 327 g/mol.